The molecular weight excluding hydrogens is 228 g/mol. The molecule has 19 heavy (non-hydrogen) atoms. The van der Waals surface area contributed by atoms with E-state index in [0.717, 1.165) is 0 Å². The Kier molecular flexibility index (Phi) is 2.44. The van der Waals surface area contributed by atoms with Gasteiger partial charge in [0.2, 0.25) is 0 Å². The zero-order valence-corrected chi connectivity index (χ0v) is 12.8. The van der Waals surface area contributed by atoms with Crippen molar-refractivity contribution in [2.45, 2.75) is 47.0 Å². The molecule has 0 N–H and O–H groups in total. The van der Waals surface area contributed by atoms with Crippen LogP contribution in [0.15, 0.2) is 24.3 Å². The Balaban J connectivity index is 2.55. The molecule has 0 atom stereocenters. The number of hydrogen-bond acceptors (Lipinski definition) is 0. The minimum Gasteiger partial charge on any atom is -0.0587 e. The molecule has 0 nitrogen and oxygen atoms in total. The van der Waals surface area contributed by atoms with Crippen LogP contribution in [-0.4, -0.2) is 0 Å². The monoisotopic (exact) mass is 250 g/mol. The predicted molar refractivity (Wildman–Crippen MR) is 83.0 cm³/mol. The van der Waals surface area contributed by atoms with Crippen LogP contribution in [0.4, 0.5) is 0 Å². The van der Waals surface area contributed by atoms with Crippen LogP contribution in [-0.2, 0) is 5.41 Å². The fraction of sp³-hybridized carbons (Fsp3) is 0.368. The van der Waals surface area contributed by atoms with Crippen LogP contribution in [0.2, 0.25) is 0 Å². The predicted octanol–water partition coefficient (Wildman–Crippen LogP) is 5.23. The van der Waals surface area contributed by atoms with Crippen molar-refractivity contribution in [3.63, 3.8) is 0 Å². The first-order chi connectivity index (χ1) is 8.85. The highest BCUT2D eigenvalue weighted by molar-refractivity contribution is 5.87. The van der Waals surface area contributed by atoms with Gasteiger partial charge in [0, 0.05) is 5.41 Å². The van der Waals surface area contributed by atoms with E-state index in [-0.39, 0.29) is 5.41 Å². The highest BCUT2D eigenvalue weighted by atomic mass is 14.4. The van der Waals surface area contributed by atoms with E-state index in [0.29, 0.717) is 0 Å². The molecule has 1 aliphatic carbocycles. The number of fused-ring (bicyclic) bond motifs is 3. The normalized spacial score (nSPS) is 15.3. The molecule has 0 heterocycles. The highest BCUT2D eigenvalue weighted by Gasteiger charge is 2.39. The van der Waals surface area contributed by atoms with Crippen LogP contribution < -0.4 is 0 Å². The van der Waals surface area contributed by atoms with E-state index in [4.69, 9.17) is 0 Å². The number of benzene rings is 2. The second kappa shape index (κ2) is 3.72. The summed E-state index contributed by atoms with van der Waals surface area (Å²) in [6.07, 6.45) is 0. The molecule has 0 radical (unpaired) electrons. The van der Waals surface area contributed by atoms with Crippen molar-refractivity contribution < 1.29 is 0 Å². The summed E-state index contributed by atoms with van der Waals surface area (Å²) in [5, 5.41) is 0. The molecule has 2 aromatic rings. The van der Waals surface area contributed by atoms with Crippen molar-refractivity contribution in [3.05, 3.63) is 57.6 Å². The van der Waals surface area contributed by atoms with Gasteiger partial charge in [-0.15, -0.1) is 0 Å². The molecular formula is C19H22. The minimum absolute atomic E-state index is 0.122. The van der Waals surface area contributed by atoms with Crippen LogP contribution in [0.25, 0.3) is 11.1 Å². The third-order valence-electron chi connectivity index (χ3n) is 4.74. The lowest BCUT2D eigenvalue weighted by Gasteiger charge is -2.25. The first-order valence-electron chi connectivity index (χ1n) is 7.07. The maximum absolute atomic E-state index is 2.37. The van der Waals surface area contributed by atoms with Crippen LogP contribution in [0.1, 0.15) is 47.2 Å². The van der Waals surface area contributed by atoms with Crippen LogP contribution >= 0.6 is 0 Å². The summed E-state index contributed by atoms with van der Waals surface area (Å²) in [6, 6.07) is 9.07. The summed E-state index contributed by atoms with van der Waals surface area (Å²) in [5.74, 6) is 0. The molecule has 0 fully saturated rings. The average molecular weight is 250 g/mol. The second-order valence-electron chi connectivity index (χ2n) is 6.52. The Morgan fingerprint density at radius 2 is 0.895 bits per heavy atom. The topological polar surface area (TPSA) is 0 Å². The molecule has 1 aliphatic rings. The van der Waals surface area contributed by atoms with Gasteiger partial charge in [-0.25, -0.2) is 0 Å². The van der Waals surface area contributed by atoms with Gasteiger partial charge in [-0.05, 0) is 72.2 Å². The molecule has 0 amide bonds. The van der Waals surface area contributed by atoms with E-state index in [1.54, 1.807) is 0 Å². The lowest BCUT2D eigenvalue weighted by Crippen LogP contribution is -2.18. The lowest BCUT2D eigenvalue weighted by molar-refractivity contribution is 0.650. The first kappa shape index (κ1) is 12.5. The zero-order valence-electron chi connectivity index (χ0n) is 12.8. The van der Waals surface area contributed by atoms with Gasteiger partial charge in [0.05, 0.1) is 0 Å². The number of aryl methyl sites for hydroxylation is 4. The van der Waals surface area contributed by atoms with Crippen molar-refractivity contribution in [1.29, 1.82) is 0 Å². The zero-order chi connectivity index (χ0) is 13.9. The van der Waals surface area contributed by atoms with Crippen molar-refractivity contribution in [1.82, 2.24) is 0 Å². The summed E-state index contributed by atoms with van der Waals surface area (Å²) in [5.41, 5.74) is 11.8. The van der Waals surface area contributed by atoms with Crippen LogP contribution in [0, 0.1) is 27.7 Å². The minimum atomic E-state index is 0.122. The van der Waals surface area contributed by atoms with E-state index in [2.05, 4.69) is 65.8 Å². The molecule has 0 aromatic heterocycles. The summed E-state index contributed by atoms with van der Waals surface area (Å²) >= 11 is 0. The Morgan fingerprint density at radius 3 is 1.26 bits per heavy atom. The summed E-state index contributed by atoms with van der Waals surface area (Å²) in [4.78, 5) is 0. The average Bonchev–Trinajstić information content (AvgIpc) is 2.60. The lowest BCUT2D eigenvalue weighted by atomic mass is 9.78. The second-order valence-corrected chi connectivity index (χ2v) is 6.52. The molecule has 98 valence electrons. The molecule has 3 rings (SSSR count). The molecule has 0 saturated heterocycles. The van der Waals surface area contributed by atoms with Crippen LogP contribution in [0.3, 0.4) is 0 Å². The fourth-order valence-electron chi connectivity index (χ4n) is 4.00. The quantitative estimate of drug-likeness (QED) is 0.601. The maximum atomic E-state index is 2.37. The third kappa shape index (κ3) is 1.46. The van der Waals surface area contributed by atoms with Gasteiger partial charge in [-0.2, -0.15) is 0 Å². The molecule has 0 heteroatoms. The van der Waals surface area contributed by atoms with Crippen LogP contribution in [0.5, 0.6) is 0 Å². The van der Waals surface area contributed by atoms with E-state index >= 15 is 0 Å². The Hall–Kier alpha value is -1.56. The third-order valence-corrected chi connectivity index (χ3v) is 4.74. The van der Waals surface area contributed by atoms with E-state index < -0.39 is 0 Å². The Morgan fingerprint density at radius 1 is 0.579 bits per heavy atom. The molecule has 0 bridgehead atoms. The van der Waals surface area contributed by atoms with Gasteiger partial charge in [0.15, 0.2) is 0 Å². The molecule has 0 aliphatic heterocycles. The smallest absolute Gasteiger partial charge is 0.0164 e. The van der Waals surface area contributed by atoms with Gasteiger partial charge in [-0.1, -0.05) is 38.1 Å². The largest absolute Gasteiger partial charge is 0.0587 e. The van der Waals surface area contributed by atoms with Crippen molar-refractivity contribution in [3.8, 4) is 11.1 Å². The number of rotatable bonds is 0. The maximum Gasteiger partial charge on any atom is 0.0164 e. The van der Waals surface area contributed by atoms with Gasteiger partial charge in [0.1, 0.15) is 0 Å². The van der Waals surface area contributed by atoms with E-state index in [9.17, 15) is 0 Å². The van der Waals surface area contributed by atoms with Crippen molar-refractivity contribution >= 4 is 0 Å². The highest BCUT2D eigenvalue weighted by Crippen LogP contribution is 2.53. The molecule has 0 unspecified atom stereocenters. The SMILES string of the molecule is Cc1ccc(C)c2c1-c1c(C)ccc(C)c1C2(C)C. The van der Waals surface area contributed by atoms with E-state index in [1.807, 2.05) is 0 Å². The first-order valence-corrected chi connectivity index (χ1v) is 7.07. The summed E-state index contributed by atoms with van der Waals surface area (Å²) in [6.45, 7) is 13.7. The van der Waals surface area contributed by atoms with Gasteiger partial charge in [0.25, 0.3) is 0 Å². The van der Waals surface area contributed by atoms with Gasteiger partial charge < -0.3 is 0 Å². The van der Waals surface area contributed by atoms with Crippen molar-refractivity contribution in [2.24, 2.45) is 0 Å². The van der Waals surface area contributed by atoms with Gasteiger partial charge >= 0.3 is 0 Å². The number of hydrogen-bond donors (Lipinski definition) is 0. The molecule has 0 saturated carbocycles. The van der Waals surface area contributed by atoms with E-state index in [1.165, 1.54) is 44.5 Å². The molecule has 2 aromatic carbocycles. The van der Waals surface area contributed by atoms with Crippen molar-refractivity contribution in [2.75, 3.05) is 0 Å². The fourth-order valence-corrected chi connectivity index (χ4v) is 4.00. The van der Waals surface area contributed by atoms with Gasteiger partial charge in [-0.3, -0.25) is 0 Å². The standard InChI is InChI=1S/C19H22/c1-11-7-9-13(3)17-15(11)16-12(2)8-10-14(4)18(16)19(17,5)6/h7-10H,1-6H3. The Bertz CT molecular complexity index is 628. The molecule has 0 spiro atoms. The Labute approximate surface area is 116 Å². The summed E-state index contributed by atoms with van der Waals surface area (Å²) < 4.78 is 0. The summed E-state index contributed by atoms with van der Waals surface area (Å²) in [7, 11) is 0.